The van der Waals surface area contributed by atoms with E-state index in [0.29, 0.717) is 19.8 Å². The number of hydrogen-bond donors (Lipinski definition) is 0. The van der Waals surface area contributed by atoms with Crippen molar-refractivity contribution < 1.29 is 27.8 Å². The summed E-state index contributed by atoms with van der Waals surface area (Å²) < 4.78 is 34.4. The minimum atomic E-state index is -1.69. The zero-order chi connectivity index (χ0) is 24.3. The van der Waals surface area contributed by atoms with Crippen molar-refractivity contribution in [2.45, 2.75) is 95.2 Å². The van der Waals surface area contributed by atoms with Crippen LogP contribution in [-0.4, -0.2) is 72.6 Å². The Bertz CT molecular complexity index is 399. The normalized spacial score (nSPS) is 17.4. The molecule has 0 saturated heterocycles. The summed E-state index contributed by atoms with van der Waals surface area (Å²) >= 11 is 18.9. The van der Waals surface area contributed by atoms with Gasteiger partial charge in [0.15, 0.2) is 0 Å². The van der Waals surface area contributed by atoms with Crippen LogP contribution in [0.5, 0.6) is 0 Å². The largest absolute Gasteiger partial charge is 0.374 e. The van der Waals surface area contributed by atoms with Gasteiger partial charge in [-0.25, -0.2) is 0 Å². The van der Waals surface area contributed by atoms with E-state index in [1.54, 1.807) is 0 Å². The molecule has 0 spiro atoms. The molecule has 3 atom stereocenters. The highest BCUT2D eigenvalue weighted by molar-refractivity contribution is 7.41. The molecule has 0 radical (unpaired) electrons. The quantitative estimate of drug-likeness (QED) is 0.178. The molecule has 0 saturated carbocycles. The Balaban J connectivity index is 4.59. The van der Waals surface area contributed by atoms with Gasteiger partial charge in [-0.05, 0) is 62.3 Å². The molecule has 10 heteroatoms. The molecule has 0 aromatic heterocycles. The van der Waals surface area contributed by atoms with E-state index in [9.17, 15) is 0 Å². The lowest BCUT2D eigenvalue weighted by molar-refractivity contribution is -0.0109. The van der Waals surface area contributed by atoms with Crippen molar-refractivity contribution in [1.82, 2.24) is 0 Å². The van der Waals surface area contributed by atoms with E-state index in [1.165, 1.54) is 0 Å². The Morgan fingerprint density at radius 2 is 0.710 bits per heavy atom. The first-order valence-corrected chi connectivity index (χ1v) is 12.9. The van der Waals surface area contributed by atoms with Crippen LogP contribution in [0.4, 0.5) is 0 Å². The highest BCUT2D eigenvalue weighted by Gasteiger charge is 2.23. The van der Waals surface area contributed by atoms with E-state index in [2.05, 4.69) is 0 Å². The summed E-state index contributed by atoms with van der Waals surface area (Å²) in [6.07, 6.45) is 0. The van der Waals surface area contributed by atoms with Gasteiger partial charge in [0, 0.05) is 0 Å². The number of ether oxygens (including phenoxy) is 3. The predicted molar refractivity (Wildman–Crippen MR) is 131 cm³/mol. The van der Waals surface area contributed by atoms with Crippen LogP contribution < -0.4 is 0 Å². The van der Waals surface area contributed by atoms with Crippen molar-refractivity contribution in [3.63, 3.8) is 0 Å². The molecule has 0 heterocycles. The Labute approximate surface area is 205 Å². The van der Waals surface area contributed by atoms with Crippen LogP contribution in [0, 0.1) is 0 Å². The second-order valence-corrected chi connectivity index (χ2v) is 13.2. The average molecular weight is 528 g/mol. The second-order valence-electron chi connectivity index (χ2n) is 10.2. The molecule has 0 N–H and O–H groups in total. The van der Waals surface area contributed by atoms with Crippen molar-refractivity contribution >= 4 is 43.4 Å². The summed E-state index contributed by atoms with van der Waals surface area (Å²) in [5.41, 5.74) is -0.825. The fourth-order valence-corrected chi connectivity index (χ4v) is 3.47. The molecule has 0 aromatic carbocycles. The smallest absolute Gasteiger partial charge is 0.332 e. The van der Waals surface area contributed by atoms with E-state index in [4.69, 9.17) is 62.6 Å². The standard InChI is InChI=1S/C21H42Cl3O6P/c1-19(2,3)25-10-16(22)13-28-31(29-14-17(23)11-26-20(4,5)6)30-15-18(24)12-27-21(7,8)9/h16-18H,10-15H2,1-9H3. The third-order valence-electron chi connectivity index (χ3n) is 3.17. The lowest BCUT2D eigenvalue weighted by Crippen LogP contribution is -2.27. The minimum Gasteiger partial charge on any atom is -0.374 e. The topological polar surface area (TPSA) is 55.4 Å². The van der Waals surface area contributed by atoms with E-state index in [0.717, 1.165) is 0 Å². The number of halogens is 3. The second kappa shape index (κ2) is 15.1. The van der Waals surface area contributed by atoms with Crippen molar-refractivity contribution in [3.8, 4) is 0 Å². The van der Waals surface area contributed by atoms with E-state index in [1.807, 2.05) is 62.3 Å². The molecule has 0 aromatic rings. The maximum Gasteiger partial charge on any atom is 0.332 e. The molecule has 6 nitrogen and oxygen atoms in total. The molecular formula is C21H42Cl3O6P. The van der Waals surface area contributed by atoms with Gasteiger partial charge in [0.05, 0.1) is 72.6 Å². The first-order valence-electron chi connectivity index (χ1n) is 10.5. The molecule has 0 aliphatic carbocycles. The Kier molecular flexibility index (Phi) is 15.7. The molecule has 31 heavy (non-hydrogen) atoms. The minimum absolute atomic E-state index is 0.209. The highest BCUT2D eigenvalue weighted by Crippen LogP contribution is 2.41. The monoisotopic (exact) mass is 526 g/mol. The highest BCUT2D eigenvalue weighted by atomic mass is 35.5. The van der Waals surface area contributed by atoms with Gasteiger partial charge in [-0.15, -0.1) is 34.8 Å². The van der Waals surface area contributed by atoms with Gasteiger partial charge in [0.1, 0.15) is 0 Å². The lowest BCUT2D eigenvalue weighted by Gasteiger charge is -2.25. The Morgan fingerprint density at radius 3 is 0.903 bits per heavy atom. The maximum absolute atomic E-state index is 6.31. The van der Waals surface area contributed by atoms with Gasteiger partial charge in [0.25, 0.3) is 0 Å². The van der Waals surface area contributed by atoms with Crippen LogP contribution in [-0.2, 0) is 27.8 Å². The zero-order valence-corrected chi connectivity index (χ0v) is 23.7. The molecule has 3 unspecified atom stereocenters. The van der Waals surface area contributed by atoms with Gasteiger partial charge in [-0.2, -0.15) is 0 Å². The number of hydrogen-bond acceptors (Lipinski definition) is 6. The van der Waals surface area contributed by atoms with E-state index in [-0.39, 0.29) is 52.8 Å². The molecule has 0 rings (SSSR count). The summed E-state index contributed by atoms with van der Waals surface area (Å²) in [6.45, 7) is 19.4. The Morgan fingerprint density at radius 1 is 0.484 bits per heavy atom. The van der Waals surface area contributed by atoms with Crippen LogP contribution in [0.15, 0.2) is 0 Å². The van der Waals surface area contributed by atoms with Gasteiger partial charge >= 0.3 is 8.60 Å². The van der Waals surface area contributed by atoms with E-state index < -0.39 is 8.60 Å². The third kappa shape index (κ3) is 22.6. The van der Waals surface area contributed by atoms with Crippen LogP contribution in [0.1, 0.15) is 62.3 Å². The summed E-state index contributed by atoms with van der Waals surface area (Å²) in [5.74, 6) is 0. The maximum atomic E-state index is 6.31. The van der Waals surface area contributed by atoms with Crippen molar-refractivity contribution in [2.24, 2.45) is 0 Å². The summed E-state index contributed by atoms with van der Waals surface area (Å²) in [4.78, 5) is 0. The molecule has 0 bridgehead atoms. The first kappa shape index (κ1) is 32.1. The summed E-state index contributed by atoms with van der Waals surface area (Å²) in [7, 11) is -1.69. The summed E-state index contributed by atoms with van der Waals surface area (Å²) in [6, 6.07) is 0. The van der Waals surface area contributed by atoms with Gasteiger partial charge < -0.3 is 27.8 Å². The number of rotatable bonds is 15. The Hall–Kier alpha value is 1.06. The zero-order valence-electron chi connectivity index (χ0n) is 20.5. The number of alkyl halides is 3. The van der Waals surface area contributed by atoms with Crippen LogP contribution in [0.2, 0.25) is 0 Å². The van der Waals surface area contributed by atoms with Crippen LogP contribution >= 0.6 is 43.4 Å². The predicted octanol–water partition coefficient (Wildman–Crippen LogP) is 6.53. The van der Waals surface area contributed by atoms with Crippen molar-refractivity contribution in [2.75, 3.05) is 39.6 Å². The first-order chi connectivity index (χ1) is 14.0. The molecule has 0 fully saturated rings. The molecule has 0 amide bonds. The fourth-order valence-electron chi connectivity index (χ4n) is 1.70. The molecular weight excluding hydrogens is 486 g/mol. The molecule has 0 aliphatic rings. The lowest BCUT2D eigenvalue weighted by atomic mass is 10.2. The average Bonchev–Trinajstić information content (AvgIpc) is 2.60. The van der Waals surface area contributed by atoms with Gasteiger partial charge in [0.2, 0.25) is 0 Å². The van der Waals surface area contributed by atoms with Crippen molar-refractivity contribution in [3.05, 3.63) is 0 Å². The van der Waals surface area contributed by atoms with Gasteiger partial charge in [-0.1, -0.05) is 0 Å². The molecule has 0 aliphatic heterocycles. The summed E-state index contributed by atoms with van der Waals surface area (Å²) in [5, 5.41) is -1.03. The van der Waals surface area contributed by atoms with Crippen LogP contribution in [0.3, 0.4) is 0 Å². The molecule has 188 valence electrons. The SMILES string of the molecule is CC(C)(C)OCC(Cl)COP(OCC(Cl)COC(C)(C)C)OCC(Cl)COC(C)(C)C. The fraction of sp³-hybridized carbons (Fsp3) is 1.00. The van der Waals surface area contributed by atoms with Crippen LogP contribution in [0.25, 0.3) is 0 Å². The van der Waals surface area contributed by atoms with E-state index >= 15 is 0 Å². The van der Waals surface area contributed by atoms with Crippen molar-refractivity contribution in [1.29, 1.82) is 0 Å². The van der Waals surface area contributed by atoms with Gasteiger partial charge in [-0.3, -0.25) is 0 Å². The third-order valence-corrected chi connectivity index (χ3v) is 5.01.